The molecule has 0 aliphatic carbocycles. The highest BCUT2D eigenvalue weighted by Gasteiger charge is 2.11. The number of amides is 2. The first-order valence-electron chi connectivity index (χ1n) is 5.41. The fraction of sp³-hybridized carbons (Fsp3) is 0.333. The fourth-order valence-corrected chi connectivity index (χ4v) is 1.40. The van der Waals surface area contributed by atoms with Crippen LogP contribution >= 0.6 is 11.6 Å². The number of ether oxygens (including phenoxy) is 1. The van der Waals surface area contributed by atoms with Gasteiger partial charge in [-0.1, -0.05) is 12.1 Å². The summed E-state index contributed by atoms with van der Waals surface area (Å²) < 4.78 is 4.84. The Bertz CT molecular complexity index is 424. The number of carbonyl (C=O) groups excluding carboxylic acids is 2. The molecule has 0 radical (unpaired) electrons. The molecule has 0 fully saturated rings. The maximum Gasteiger partial charge on any atom is 0.253 e. The van der Waals surface area contributed by atoms with Crippen molar-refractivity contribution in [3.05, 3.63) is 29.8 Å². The topological polar surface area (TPSA) is 67.4 Å². The molecule has 0 saturated heterocycles. The lowest BCUT2D eigenvalue weighted by atomic mass is 10.1. The van der Waals surface area contributed by atoms with Gasteiger partial charge in [0.25, 0.3) is 5.91 Å². The first kappa shape index (κ1) is 14.5. The van der Waals surface area contributed by atoms with Crippen LogP contribution in [0.15, 0.2) is 24.3 Å². The van der Waals surface area contributed by atoms with Gasteiger partial charge in [-0.25, -0.2) is 0 Å². The lowest BCUT2D eigenvalue weighted by molar-refractivity contribution is -0.113. The average molecular weight is 271 g/mol. The summed E-state index contributed by atoms with van der Waals surface area (Å²) in [6, 6.07) is 6.74. The minimum Gasteiger partial charge on any atom is -0.383 e. The van der Waals surface area contributed by atoms with Crippen LogP contribution in [0.1, 0.15) is 10.4 Å². The minimum absolute atomic E-state index is 0.153. The van der Waals surface area contributed by atoms with Crippen molar-refractivity contribution >= 4 is 29.1 Å². The van der Waals surface area contributed by atoms with Gasteiger partial charge < -0.3 is 15.4 Å². The van der Waals surface area contributed by atoms with Crippen LogP contribution in [0.3, 0.4) is 0 Å². The van der Waals surface area contributed by atoms with E-state index in [1.807, 2.05) is 0 Å². The monoisotopic (exact) mass is 270 g/mol. The van der Waals surface area contributed by atoms with Gasteiger partial charge in [-0.2, -0.15) is 0 Å². The van der Waals surface area contributed by atoms with Crippen molar-refractivity contribution in [3.8, 4) is 0 Å². The van der Waals surface area contributed by atoms with Crippen molar-refractivity contribution in [1.29, 1.82) is 0 Å². The second-order valence-electron chi connectivity index (χ2n) is 3.48. The van der Waals surface area contributed by atoms with Crippen molar-refractivity contribution in [3.63, 3.8) is 0 Å². The van der Waals surface area contributed by atoms with Gasteiger partial charge >= 0.3 is 0 Å². The Kier molecular flexibility index (Phi) is 6.18. The summed E-state index contributed by atoms with van der Waals surface area (Å²) in [4.78, 5) is 23.1. The standard InChI is InChI=1S/C12H15ClN2O3/c1-18-7-6-14-12(17)9-4-2-3-5-10(9)15-11(16)8-13/h2-5H,6-8H2,1H3,(H,14,17)(H,15,16). The van der Waals surface area contributed by atoms with Gasteiger partial charge in [0, 0.05) is 13.7 Å². The number of carbonyl (C=O) groups is 2. The highest BCUT2D eigenvalue weighted by atomic mass is 35.5. The molecule has 2 N–H and O–H groups in total. The minimum atomic E-state index is -0.353. The molecule has 5 nitrogen and oxygen atoms in total. The van der Waals surface area contributed by atoms with Gasteiger partial charge in [-0.3, -0.25) is 9.59 Å². The molecule has 1 rings (SSSR count). The average Bonchev–Trinajstić information content (AvgIpc) is 2.39. The molecule has 98 valence electrons. The normalized spacial score (nSPS) is 9.89. The molecule has 0 aliphatic rings. The molecule has 0 saturated carbocycles. The van der Waals surface area contributed by atoms with Crippen LogP contribution in [0, 0.1) is 0 Å². The summed E-state index contributed by atoms with van der Waals surface area (Å²) in [5.74, 6) is -0.772. The molecular formula is C12H15ClN2O3. The predicted octanol–water partition coefficient (Wildman–Crippen LogP) is 1.24. The van der Waals surface area contributed by atoms with Crippen LogP contribution in [-0.2, 0) is 9.53 Å². The smallest absolute Gasteiger partial charge is 0.253 e. The van der Waals surface area contributed by atoms with Crippen LogP contribution in [0.4, 0.5) is 5.69 Å². The molecule has 2 amide bonds. The Balaban J connectivity index is 2.74. The number of methoxy groups -OCH3 is 1. The lowest BCUT2D eigenvalue weighted by Gasteiger charge is -2.10. The van der Waals surface area contributed by atoms with E-state index in [-0.39, 0.29) is 17.7 Å². The zero-order valence-corrected chi connectivity index (χ0v) is 10.8. The summed E-state index contributed by atoms with van der Waals surface area (Å²) in [5.41, 5.74) is 0.838. The van der Waals surface area contributed by atoms with Gasteiger partial charge in [-0.05, 0) is 12.1 Å². The zero-order valence-electron chi connectivity index (χ0n) is 10.0. The summed E-state index contributed by atoms with van der Waals surface area (Å²) in [6.07, 6.45) is 0. The number of benzene rings is 1. The van der Waals surface area contributed by atoms with Crippen LogP contribution in [0.2, 0.25) is 0 Å². The second kappa shape index (κ2) is 7.68. The Morgan fingerprint density at radius 2 is 2.06 bits per heavy atom. The maximum absolute atomic E-state index is 11.9. The molecule has 0 unspecified atom stereocenters. The van der Waals surface area contributed by atoms with Crippen LogP contribution < -0.4 is 10.6 Å². The van der Waals surface area contributed by atoms with Crippen molar-refractivity contribution in [2.24, 2.45) is 0 Å². The molecule has 0 atom stereocenters. The molecule has 1 aromatic carbocycles. The predicted molar refractivity (Wildman–Crippen MR) is 70.0 cm³/mol. The number of alkyl halides is 1. The van der Waals surface area contributed by atoms with E-state index >= 15 is 0 Å². The summed E-state index contributed by atoms with van der Waals surface area (Å²) in [7, 11) is 1.56. The third-order valence-electron chi connectivity index (χ3n) is 2.16. The lowest BCUT2D eigenvalue weighted by Crippen LogP contribution is -2.28. The molecule has 0 heterocycles. The summed E-state index contributed by atoms with van der Waals surface area (Å²) >= 11 is 5.41. The highest BCUT2D eigenvalue weighted by molar-refractivity contribution is 6.29. The number of nitrogens with one attached hydrogen (secondary N) is 2. The molecule has 0 bridgehead atoms. The quantitative estimate of drug-likeness (QED) is 0.604. The Morgan fingerprint density at radius 3 is 2.72 bits per heavy atom. The third-order valence-corrected chi connectivity index (χ3v) is 2.40. The Labute approximate surface area is 110 Å². The molecule has 6 heteroatoms. The highest BCUT2D eigenvalue weighted by Crippen LogP contribution is 2.14. The first-order chi connectivity index (χ1) is 8.69. The third kappa shape index (κ3) is 4.35. The SMILES string of the molecule is COCCNC(=O)c1ccccc1NC(=O)CCl. The van der Waals surface area contributed by atoms with Crippen LogP contribution in [0.25, 0.3) is 0 Å². The van der Waals surface area contributed by atoms with E-state index in [4.69, 9.17) is 16.3 Å². The number of hydrogen-bond donors (Lipinski definition) is 2. The zero-order chi connectivity index (χ0) is 13.4. The number of para-hydroxylation sites is 1. The van der Waals surface area contributed by atoms with Crippen molar-refractivity contribution in [2.75, 3.05) is 31.5 Å². The molecule has 0 spiro atoms. The van der Waals surface area contributed by atoms with E-state index in [2.05, 4.69) is 10.6 Å². The number of anilines is 1. The van der Waals surface area contributed by atoms with Gasteiger partial charge in [0.15, 0.2) is 0 Å². The van der Waals surface area contributed by atoms with E-state index in [9.17, 15) is 9.59 Å². The maximum atomic E-state index is 11.9. The second-order valence-corrected chi connectivity index (χ2v) is 3.74. The number of hydrogen-bond acceptors (Lipinski definition) is 3. The largest absolute Gasteiger partial charge is 0.383 e. The Morgan fingerprint density at radius 1 is 1.33 bits per heavy atom. The van der Waals surface area contributed by atoms with E-state index < -0.39 is 0 Å². The van der Waals surface area contributed by atoms with Gasteiger partial charge in [-0.15, -0.1) is 11.6 Å². The summed E-state index contributed by atoms with van der Waals surface area (Å²) in [5, 5.41) is 5.25. The number of rotatable bonds is 6. The molecule has 0 aliphatic heterocycles. The van der Waals surface area contributed by atoms with Crippen molar-refractivity contribution in [2.45, 2.75) is 0 Å². The van der Waals surface area contributed by atoms with E-state index in [0.717, 1.165) is 0 Å². The molecular weight excluding hydrogens is 256 g/mol. The van der Waals surface area contributed by atoms with E-state index in [1.165, 1.54) is 0 Å². The van der Waals surface area contributed by atoms with E-state index in [0.29, 0.717) is 24.4 Å². The van der Waals surface area contributed by atoms with E-state index in [1.54, 1.807) is 31.4 Å². The van der Waals surface area contributed by atoms with Gasteiger partial charge in [0.1, 0.15) is 5.88 Å². The summed E-state index contributed by atoms with van der Waals surface area (Å²) in [6.45, 7) is 0.842. The molecule has 1 aromatic rings. The fourth-order valence-electron chi connectivity index (χ4n) is 1.34. The Hall–Kier alpha value is -1.59. The van der Waals surface area contributed by atoms with Crippen LogP contribution in [0.5, 0.6) is 0 Å². The van der Waals surface area contributed by atoms with Gasteiger partial charge in [0.2, 0.25) is 5.91 Å². The molecule has 0 aromatic heterocycles. The van der Waals surface area contributed by atoms with Gasteiger partial charge in [0.05, 0.1) is 17.9 Å². The van der Waals surface area contributed by atoms with Crippen molar-refractivity contribution in [1.82, 2.24) is 5.32 Å². The van der Waals surface area contributed by atoms with Crippen molar-refractivity contribution < 1.29 is 14.3 Å². The number of halogens is 1. The molecule has 18 heavy (non-hydrogen) atoms. The first-order valence-corrected chi connectivity index (χ1v) is 5.94. The van der Waals surface area contributed by atoms with Crippen LogP contribution in [-0.4, -0.2) is 38.0 Å².